The summed E-state index contributed by atoms with van der Waals surface area (Å²) in [6, 6.07) is 74.0. The number of hydrogen-bond donors (Lipinski definition) is 0. The van der Waals surface area contributed by atoms with E-state index in [2.05, 4.69) is 215 Å². The van der Waals surface area contributed by atoms with E-state index in [9.17, 15) is 0 Å². The summed E-state index contributed by atoms with van der Waals surface area (Å²) in [6.45, 7) is 0. The summed E-state index contributed by atoms with van der Waals surface area (Å²) in [5.74, 6) is 1.82. The molecule has 0 fully saturated rings. The Morgan fingerprint density at radius 1 is 0.293 bits per heavy atom. The lowest BCUT2D eigenvalue weighted by molar-refractivity contribution is 1.11. The normalized spacial score (nSPS) is 11.8. The van der Waals surface area contributed by atoms with E-state index in [4.69, 9.17) is 9.97 Å². The maximum Gasteiger partial charge on any atom is 0.145 e. The van der Waals surface area contributed by atoms with Crippen LogP contribution in [0, 0.1) is 0 Å². The fraction of sp³-hybridized carbons (Fsp3) is 0. The van der Waals surface area contributed by atoms with Crippen LogP contribution in [0.1, 0.15) is 0 Å². The van der Waals surface area contributed by atoms with Crippen LogP contribution in [0.25, 0.3) is 110 Å². The Labute approximate surface area is 334 Å². The summed E-state index contributed by atoms with van der Waals surface area (Å²) in [5.41, 5.74) is 10.8. The lowest BCUT2D eigenvalue weighted by atomic mass is 9.85. The molecule has 0 aliphatic heterocycles. The van der Waals surface area contributed by atoms with Crippen molar-refractivity contribution in [2.45, 2.75) is 0 Å². The van der Waals surface area contributed by atoms with Crippen LogP contribution < -0.4 is 0 Å². The second-order valence-corrected chi connectivity index (χ2v) is 14.9. The van der Waals surface area contributed by atoms with E-state index >= 15 is 0 Å². The predicted octanol–water partition coefficient (Wildman–Crippen LogP) is 14.0. The molecule has 4 nitrogen and oxygen atoms in total. The van der Waals surface area contributed by atoms with Crippen molar-refractivity contribution >= 4 is 65.2 Å². The van der Waals surface area contributed by atoms with Crippen molar-refractivity contribution in [1.29, 1.82) is 0 Å². The Hall–Kier alpha value is -7.82. The van der Waals surface area contributed by atoms with Crippen molar-refractivity contribution in [1.82, 2.24) is 19.1 Å². The summed E-state index contributed by atoms with van der Waals surface area (Å²) in [4.78, 5) is 10.6. The predicted molar refractivity (Wildman–Crippen MR) is 242 cm³/mol. The average molecular weight is 739 g/mol. The van der Waals surface area contributed by atoms with E-state index in [1.807, 2.05) is 0 Å². The highest BCUT2D eigenvalue weighted by Crippen LogP contribution is 2.47. The minimum Gasteiger partial charge on any atom is -0.292 e. The van der Waals surface area contributed by atoms with Crippen LogP contribution in [0.3, 0.4) is 0 Å². The Balaban J connectivity index is 1.29. The van der Waals surface area contributed by atoms with Gasteiger partial charge in [-0.3, -0.25) is 9.13 Å². The van der Waals surface area contributed by atoms with Gasteiger partial charge in [0.05, 0.1) is 33.4 Å². The average Bonchev–Trinajstić information content (AvgIpc) is 3.87. The fourth-order valence-corrected chi connectivity index (χ4v) is 9.18. The Bertz CT molecular complexity index is 3330. The molecule has 10 aromatic carbocycles. The number of rotatable bonds is 5. The van der Waals surface area contributed by atoms with E-state index in [1.54, 1.807) is 0 Å². The maximum absolute atomic E-state index is 5.28. The van der Waals surface area contributed by atoms with E-state index in [0.29, 0.717) is 0 Å². The highest BCUT2D eigenvalue weighted by atomic mass is 15.1. The van der Waals surface area contributed by atoms with Crippen molar-refractivity contribution in [2.75, 3.05) is 0 Å². The zero-order valence-corrected chi connectivity index (χ0v) is 31.4. The molecule has 0 unspecified atom stereocenters. The molecule has 58 heavy (non-hydrogen) atoms. The molecule has 0 aliphatic rings. The van der Waals surface area contributed by atoms with Gasteiger partial charge in [0.1, 0.15) is 11.6 Å². The molecule has 0 atom stereocenters. The third-order valence-electron chi connectivity index (χ3n) is 11.7. The number of imidazole rings is 2. The van der Waals surface area contributed by atoms with Gasteiger partial charge in [0, 0.05) is 21.9 Å². The zero-order valence-electron chi connectivity index (χ0n) is 31.4. The van der Waals surface area contributed by atoms with Crippen LogP contribution in [0.15, 0.2) is 206 Å². The number of benzene rings is 10. The number of nitrogens with zero attached hydrogens (tertiary/aromatic N) is 4. The van der Waals surface area contributed by atoms with Crippen LogP contribution >= 0.6 is 0 Å². The van der Waals surface area contributed by atoms with Crippen molar-refractivity contribution in [3.05, 3.63) is 206 Å². The second kappa shape index (κ2) is 12.9. The molecule has 2 heterocycles. The van der Waals surface area contributed by atoms with Gasteiger partial charge in [0.15, 0.2) is 0 Å². The van der Waals surface area contributed by atoms with Crippen molar-refractivity contribution in [3.63, 3.8) is 0 Å². The molecule has 0 bridgehead atoms. The number of aromatic nitrogens is 4. The number of fused-ring (bicyclic) bond motifs is 6. The maximum atomic E-state index is 5.28. The van der Waals surface area contributed by atoms with Gasteiger partial charge in [0.25, 0.3) is 0 Å². The Morgan fingerprint density at radius 3 is 1.19 bits per heavy atom. The van der Waals surface area contributed by atoms with Gasteiger partial charge in [-0.25, -0.2) is 9.97 Å². The molecule has 270 valence electrons. The molecule has 0 saturated carbocycles. The molecule has 0 aliphatic carbocycles. The lowest BCUT2D eigenvalue weighted by Gasteiger charge is -2.21. The monoisotopic (exact) mass is 738 g/mol. The van der Waals surface area contributed by atoms with E-state index in [1.165, 1.54) is 43.4 Å². The van der Waals surface area contributed by atoms with Gasteiger partial charge in [-0.05, 0) is 92.0 Å². The molecule has 0 radical (unpaired) electrons. The molecule has 12 rings (SSSR count). The highest BCUT2D eigenvalue weighted by molar-refractivity contribution is 6.25. The van der Waals surface area contributed by atoms with E-state index < -0.39 is 0 Å². The van der Waals surface area contributed by atoms with Crippen molar-refractivity contribution < 1.29 is 0 Å². The van der Waals surface area contributed by atoms with Crippen LogP contribution in [0.2, 0.25) is 0 Å². The zero-order chi connectivity index (χ0) is 38.2. The first-order valence-electron chi connectivity index (χ1n) is 19.8. The lowest BCUT2D eigenvalue weighted by Crippen LogP contribution is -2.02. The first-order chi connectivity index (χ1) is 28.8. The summed E-state index contributed by atoms with van der Waals surface area (Å²) in [5, 5.41) is 9.52. The standard InChI is InChI=1S/C54H34N4/c1-3-17-35(18-4-1)53-55-45-27-11-13-29-49(45)57(53)47-31-15-25-41-43(47)34-44-42(52(41)51-39-23-9-7-21-37(39)33-38-22-8-10-24-40(38)51)26-16-32-48(44)58-50-30-14-12-28-46(50)56-54(58)36-19-5-2-6-20-36/h1-34H. The quantitative estimate of drug-likeness (QED) is 0.165. The molecule has 12 aromatic rings. The number of hydrogen-bond acceptors (Lipinski definition) is 2. The van der Waals surface area contributed by atoms with Crippen molar-refractivity contribution in [3.8, 4) is 45.3 Å². The van der Waals surface area contributed by atoms with Crippen LogP contribution in [0.4, 0.5) is 0 Å². The van der Waals surface area contributed by atoms with Gasteiger partial charge in [-0.1, -0.05) is 158 Å². The summed E-state index contributed by atoms with van der Waals surface area (Å²) >= 11 is 0. The highest BCUT2D eigenvalue weighted by Gasteiger charge is 2.23. The molecule has 0 saturated heterocycles. The molecule has 0 N–H and O–H groups in total. The van der Waals surface area contributed by atoms with Crippen LogP contribution in [0.5, 0.6) is 0 Å². The van der Waals surface area contributed by atoms with Gasteiger partial charge in [0.2, 0.25) is 0 Å². The molecular formula is C54H34N4. The first kappa shape index (κ1) is 32.4. The van der Waals surface area contributed by atoms with E-state index in [-0.39, 0.29) is 0 Å². The van der Waals surface area contributed by atoms with Gasteiger partial charge in [-0.2, -0.15) is 0 Å². The summed E-state index contributed by atoms with van der Waals surface area (Å²) in [7, 11) is 0. The van der Waals surface area contributed by atoms with Gasteiger partial charge < -0.3 is 0 Å². The van der Waals surface area contributed by atoms with Crippen LogP contribution in [-0.4, -0.2) is 19.1 Å². The summed E-state index contributed by atoms with van der Waals surface area (Å²) < 4.78 is 4.71. The SMILES string of the molecule is c1ccc(-c2nc3ccccc3n2-c2cccc3c(-c4c5ccccc5cc5ccccc45)c4cccc(-n5c(-c6ccccc6)nc6ccccc65)c4cc23)cc1. The van der Waals surface area contributed by atoms with Gasteiger partial charge in [-0.15, -0.1) is 0 Å². The van der Waals surface area contributed by atoms with Gasteiger partial charge >= 0.3 is 0 Å². The third-order valence-corrected chi connectivity index (χ3v) is 11.7. The second-order valence-electron chi connectivity index (χ2n) is 14.9. The molecular weight excluding hydrogens is 705 g/mol. The largest absolute Gasteiger partial charge is 0.292 e. The topological polar surface area (TPSA) is 35.6 Å². The minimum absolute atomic E-state index is 0.909. The molecule has 0 amide bonds. The molecule has 0 spiro atoms. The molecule has 4 heteroatoms. The summed E-state index contributed by atoms with van der Waals surface area (Å²) in [6.07, 6.45) is 0. The minimum atomic E-state index is 0.909. The van der Waals surface area contributed by atoms with Crippen molar-refractivity contribution in [2.24, 2.45) is 0 Å². The van der Waals surface area contributed by atoms with Crippen LogP contribution in [-0.2, 0) is 0 Å². The Kier molecular flexibility index (Phi) is 7.20. The fourth-order valence-electron chi connectivity index (χ4n) is 9.18. The molecule has 2 aromatic heterocycles. The third kappa shape index (κ3) is 4.88. The van der Waals surface area contributed by atoms with E-state index in [0.717, 1.165) is 67.0 Å². The smallest absolute Gasteiger partial charge is 0.145 e. The first-order valence-corrected chi connectivity index (χ1v) is 19.8. The Morgan fingerprint density at radius 2 is 0.690 bits per heavy atom. The number of para-hydroxylation sites is 4.